The molecule has 0 aliphatic heterocycles. The monoisotopic (exact) mass is 258 g/mol. The Kier molecular flexibility index (Phi) is 3.92. The van der Waals surface area contributed by atoms with E-state index in [4.69, 9.17) is 10.8 Å². The summed E-state index contributed by atoms with van der Waals surface area (Å²) in [6.07, 6.45) is 0.791. The molecule has 0 aliphatic rings. The molecule has 6 heteroatoms. The third kappa shape index (κ3) is 3.67. The van der Waals surface area contributed by atoms with Gasteiger partial charge in [-0.3, -0.25) is 4.79 Å². The molecule has 0 spiro atoms. The van der Waals surface area contributed by atoms with Crippen molar-refractivity contribution in [3.63, 3.8) is 0 Å². The number of rotatable bonds is 5. The minimum absolute atomic E-state index is 0.143. The zero-order valence-corrected chi connectivity index (χ0v) is 10.2. The summed E-state index contributed by atoms with van der Waals surface area (Å²) in [5.74, 6) is 0.247. The second-order valence-electron chi connectivity index (χ2n) is 4.01. The van der Waals surface area contributed by atoms with Crippen LogP contribution in [-0.2, 0) is 6.42 Å². The predicted molar refractivity (Wildman–Crippen MR) is 70.9 cm³/mol. The average Bonchev–Trinajstić information content (AvgIpc) is 2.41. The number of nitrogens with two attached hydrogens (primary N) is 1. The molecule has 1 amide bonds. The summed E-state index contributed by atoms with van der Waals surface area (Å²) >= 11 is 0. The molecule has 0 fully saturated rings. The van der Waals surface area contributed by atoms with Crippen molar-refractivity contribution in [1.82, 2.24) is 10.2 Å². The highest BCUT2D eigenvalue weighted by Gasteiger charge is 2.02. The number of nitrogens with zero attached hydrogens (tertiary/aromatic N) is 2. The first-order valence-electron chi connectivity index (χ1n) is 5.80. The summed E-state index contributed by atoms with van der Waals surface area (Å²) in [5.41, 5.74) is 6.32. The van der Waals surface area contributed by atoms with E-state index in [1.54, 1.807) is 18.2 Å². The van der Waals surface area contributed by atoms with Crippen molar-refractivity contribution in [3.05, 3.63) is 47.7 Å². The van der Waals surface area contributed by atoms with E-state index in [1.165, 1.54) is 6.07 Å². The Balaban J connectivity index is 1.85. The van der Waals surface area contributed by atoms with Crippen molar-refractivity contribution in [2.45, 2.75) is 6.42 Å². The number of anilines is 1. The summed E-state index contributed by atoms with van der Waals surface area (Å²) in [4.78, 5) is 10.8. The fourth-order valence-electron chi connectivity index (χ4n) is 1.56. The number of hydrogen-bond donors (Lipinski definition) is 3. The van der Waals surface area contributed by atoms with Crippen LogP contribution in [0.25, 0.3) is 0 Å². The molecule has 0 radical (unpaired) electrons. The lowest BCUT2D eigenvalue weighted by Gasteiger charge is -2.05. The zero-order chi connectivity index (χ0) is 13.7. The van der Waals surface area contributed by atoms with Gasteiger partial charge in [0, 0.05) is 6.54 Å². The normalized spacial score (nSPS) is 10.1. The number of amides is 1. The number of phenols is 1. The molecule has 0 bridgehead atoms. The molecule has 0 saturated heterocycles. The molecular weight excluding hydrogens is 244 g/mol. The minimum atomic E-state index is -0.594. The van der Waals surface area contributed by atoms with Crippen LogP contribution in [0.2, 0.25) is 0 Å². The lowest BCUT2D eigenvalue weighted by Crippen LogP contribution is -2.14. The average molecular weight is 258 g/mol. The van der Waals surface area contributed by atoms with Gasteiger partial charge in [-0.15, -0.1) is 10.2 Å². The summed E-state index contributed by atoms with van der Waals surface area (Å²) in [5, 5.41) is 19.8. The molecule has 4 N–H and O–H groups in total. The van der Waals surface area contributed by atoms with E-state index in [-0.39, 0.29) is 11.4 Å². The first-order chi connectivity index (χ1) is 9.15. The Morgan fingerprint density at radius 3 is 2.47 bits per heavy atom. The SMILES string of the molecule is NC(=O)c1ccc(NCCc2ccc(O)cc2)nn1. The first kappa shape index (κ1) is 12.8. The Morgan fingerprint density at radius 2 is 1.89 bits per heavy atom. The van der Waals surface area contributed by atoms with Gasteiger partial charge >= 0.3 is 0 Å². The van der Waals surface area contributed by atoms with E-state index in [9.17, 15) is 4.79 Å². The number of aromatic hydroxyl groups is 1. The maximum Gasteiger partial charge on any atom is 0.269 e. The fraction of sp³-hybridized carbons (Fsp3) is 0.154. The lowest BCUT2D eigenvalue weighted by atomic mass is 10.1. The summed E-state index contributed by atoms with van der Waals surface area (Å²) in [6.45, 7) is 0.676. The van der Waals surface area contributed by atoms with Crippen LogP contribution in [0.4, 0.5) is 5.82 Å². The van der Waals surface area contributed by atoms with Crippen molar-refractivity contribution in [1.29, 1.82) is 0 Å². The first-order valence-corrected chi connectivity index (χ1v) is 5.80. The van der Waals surface area contributed by atoms with Crippen molar-refractivity contribution in [2.75, 3.05) is 11.9 Å². The van der Waals surface area contributed by atoms with E-state index in [2.05, 4.69) is 15.5 Å². The van der Waals surface area contributed by atoms with Gasteiger partial charge in [0.1, 0.15) is 11.6 Å². The number of benzene rings is 1. The molecule has 1 aromatic carbocycles. The van der Waals surface area contributed by atoms with Crippen LogP contribution in [0, 0.1) is 0 Å². The quantitative estimate of drug-likeness (QED) is 0.740. The molecule has 2 aromatic rings. The lowest BCUT2D eigenvalue weighted by molar-refractivity contribution is 0.0994. The molecule has 2 rings (SSSR count). The van der Waals surface area contributed by atoms with Gasteiger partial charge in [0.25, 0.3) is 5.91 Å². The standard InChI is InChI=1S/C13H14N4O2/c14-13(19)11-5-6-12(17-16-11)15-8-7-9-1-3-10(18)4-2-9/h1-6,18H,7-8H2,(H2,14,19)(H,15,17). The van der Waals surface area contributed by atoms with Gasteiger partial charge < -0.3 is 16.2 Å². The number of nitrogens with one attached hydrogen (secondary N) is 1. The molecule has 1 aromatic heterocycles. The van der Waals surface area contributed by atoms with Gasteiger partial charge in [-0.1, -0.05) is 12.1 Å². The third-order valence-corrected chi connectivity index (χ3v) is 2.57. The van der Waals surface area contributed by atoms with Crippen LogP contribution >= 0.6 is 0 Å². The van der Waals surface area contributed by atoms with Crippen LogP contribution in [0.1, 0.15) is 16.1 Å². The van der Waals surface area contributed by atoms with Crippen molar-refractivity contribution in [3.8, 4) is 5.75 Å². The molecule has 0 saturated carbocycles. The third-order valence-electron chi connectivity index (χ3n) is 2.57. The van der Waals surface area contributed by atoms with Crippen LogP contribution in [0.15, 0.2) is 36.4 Å². The number of carbonyl (C=O) groups excluding carboxylic acids is 1. The van der Waals surface area contributed by atoms with E-state index < -0.39 is 5.91 Å². The number of primary amides is 1. The van der Waals surface area contributed by atoms with E-state index in [1.807, 2.05) is 12.1 Å². The zero-order valence-electron chi connectivity index (χ0n) is 10.2. The Morgan fingerprint density at radius 1 is 1.16 bits per heavy atom. The second-order valence-corrected chi connectivity index (χ2v) is 4.01. The van der Waals surface area contributed by atoms with Gasteiger partial charge in [-0.25, -0.2) is 0 Å². The molecular formula is C13H14N4O2. The van der Waals surface area contributed by atoms with Gasteiger partial charge in [0.05, 0.1) is 0 Å². The maximum atomic E-state index is 10.8. The summed E-state index contributed by atoms with van der Waals surface area (Å²) in [6, 6.07) is 10.2. The van der Waals surface area contributed by atoms with Gasteiger partial charge in [-0.2, -0.15) is 0 Å². The van der Waals surface area contributed by atoms with Crippen LogP contribution in [0.5, 0.6) is 5.75 Å². The van der Waals surface area contributed by atoms with Gasteiger partial charge in [0.15, 0.2) is 5.69 Å². The van der Waals surface area contributed by atoms with E-state index in [0.29, 0.717) is 12.4 Å². The van der Waals surface area contributed by atoms with Crippen molar-refractivity contribution < 1.29 is 9.90 Å². The molecule has 0 atom stereocenters. The number of phenolic OH excluding ortho intramolecular Hbond substituents is 1. The van der Waals surface area contributed by atoms with Crippen LogP contribution in [-0.4, -0.2) is 27.8 Å². The Bertz CT molecular complexity index is 552. The highest BCUT2D eigenvalue weighted by Crippen LogP contribution is 2.10. The number of aromatic nitrogens is 2. The van der Waals surface area contributed by atoms with E-state index in [0.717, 1.165) is 12.0 Å². The van der Waals surface area contributed by atoms with E-state index >= 15 is 0 Å². The predicted octanol–water partition coefficient (Wildman–Crippen LogP) is 0.936. The smallest absolute Gasteiger partial charge is 0.269 e. The topological polar surface area (TPSA) is 101 Å². The second kappa shape index (κ2) is 5.81. The van der Waals surface area contributed by atoms with Crippen LogP contribution in [0.3, 0.4) is 0 Å². The summed E-state index contributed by atoms with van der Waals surface area (Å²) in [7, 11) is 0. The molecule has 6 nitrogen and oxygen atoms in total. The highest BCUT2D eigenvalue weighted by molar-refractivity contribution is 5.90. The molecule has 1 heterocycles. The molecule has 19 heavy (non-hydrogen) atoms. The minimum Gasteiger partial charge on any atom is -0.508 e. The van der Waals surface area contributed by atoms with Crippen LogP contribution < -0.4 is 11.1 Å². The molecule has 0 unspecified atom stereocenters. The van der Waals surface area contributed by atoms with Gasteiger partial charge in [-0.05, 0) is 36.2 Å². The summed E-state index contributed by atoms with van der Waals surface area (Å²) < 4.78 is 0. The van der Waals surface area contributed by atoms with Crippen molar-refractivity contribution >= 4 is 11.7 Å². The Hall–Kier alpha value is -2.63. The molecule has 98 valence electrons. The maximum absolute atomic E-state index is 10.8. The van der Waals surface area contributed by atoms with Gasteiger partial charge in [0.2, 0.25) is 0 Å². The number of hydrogen-bond acceptors (Lipinski definition) is 5. The Labute approximate surface area is 110 Å². The largest absolute Gasteiger partial charge is 0.508 e. The highest BCUT2D eigenvalue weighted by atomic mass is 16.3. The molecule has 0 aliphatic carbocycles. The number of carbonyl (C=O) groups is 1. The fourth-order valence-corrected chi connectivity index (χ4v) is 1.56. The van der Waals surface area contributed by atoms with Crippen molar-refractivity contribution in [2.24, 2.45) is 5.73 Å².